The van der Waals surface area contributed by atoms with E-state index in [1.165, 1.54) is 96.3 Å². The van der Waals surface area contributed by atoms with Crippen molar-refractivity contribution in [3.8, 4) is 0 Å². The Kier molecular flexibility index (Phi) is 21.6. The molecule has 2 nitrogen and oxygen atoms in total. The standard InChI is InChI=1S/C24H46O2/c1-3-5-6-7-8-9-10-11-12-13-14-15-16-17-18-19-20-21-22-23-24(25)26-4-2/h19-20H,3-18,21-23H2,1-2H3/b20-19-. The maximum atomic E-state index is 11.2. The Morgan fingerprint density at radius 2 is 1.04 bits per heavy atom. The number of carbonyl (C=O) groups excluding carboxylic acids is 1. The molecule has 0 spiro atoms. The van der Waals surface area contributed by atoms with Gasteiger partial charge in [-0.25, -0.2) is 0 Å². The third-order valence-corrected chi connectivity index (χ3v) is 4.95. The topological polar surface area (TPSA) is 26.3 Å². The van der Waals surface area contributed by atoms with Crippen LogP contribution in [0.15, 0.2) is 12.2 Å². The molecule has 26 heavy (non-hydrogen) atoms. The minimum Gasteiger partial charge on any atom is -0.466 e. The molecule has 0 unspecified atom stereocenters. The Morgan fingerprint density at radius 3 is 1.50 bits per heavy atom. The van der Waals surface area contributed by atoms with Gasteiger partial charge in [-0.05, 0) is 32.6 Å². The molecule has 0 rings (SSSR count). The summed E-state index contributed by atoms with van der Waals surface area (Å²) < 4.78 is 4.92. The summed E-state index contributed by atoms with van der Waals surface area (Å²) in [5.74, 6) is -0.0622. The fourth-order valence-electron chi connectivity index (χ4n) is 3.29. The molecule has 0 aliphatic heterocycles. The number of hydrogen-bond donors (Lipinski definition) is 0. The average molecular weight is 367 g/mol. The van der Waals surface area contributed by atoms with Crippen LogP contribution in [0.25, 0.3) is 0 Å². The lowest BCUT2D eigenvalue weighted by atomic mass is 10.0. The van der Waals surface area contributed by atoms with Gasteiger partial charge in [-0.3, -0.25) is 4.79 Å². The predicted octanol–water partition coefficient (Wildman–Crippen LogP) is 8.15. The zero-order valence-corrected chi connectivity index (χ0v) is 17.9. The summed E-state index contributed by atoms with van der Waals surface area (Å²) in [6.07, 6.45) is 28.0. The van der Waals surface area contributed by atoms with E-state index < -0.39 is 0 Å². The van der Waals surface area contributed by atoms with Gasteiger partial charge >= 0.3 is 5.97 Å². The molecule has 0 aliphatic rings. The van der Waals surface area contributed by atoms with Crippen LogP contribution in [0.5, 0.6) is 0 Å². The van der Waals surface area contributed by atoms with E-state index in [1.807, 2.05) is 6.92 Å². The molecule has 0 aromatic carbocycles. The first kappa shape index (κ1) is 25.2. The normalized spacial score (nSPS) is 11.3. The molecule has 0 aromatic rings. The quantitative estimate of drug-likeness (QED) is 0.123. The molecule has 2 heteroatoms. The van der Waals surface area contributed by atoms with E-state index in [0.717, 1.165) is 12.8 Å². The molecule has 0 aromatic heterocycles. The third kappa shape index (κ3) is 21.3. The smallest absolute Gasteiger partial charge is 0.305 e. The highest BCUT2D eigenvalue weighted by Gasteiger charge is 1.98. The molecule has 0 fully saturated rings. The first-order chi connectivity index (χ1) is 12.8. The van der Waals surface area contributed by atoms with Crippen molar-refractivity contribution in [3.05, 3.63) is 12.2 Å². The maximum absolute atomic E-state index is 11.2. The van der Waals surface area contributed by atoms with Gasteiger partial charge < -0.3 is 4.74 Å². The summed E-state index contributed by atoms with van der Waals surface area (Å²) in [4.78, 5) is 11.2. The zero-order chi connectivity index (χ0) is 19.1. The summed E-state index contributed by atoms with van der Waals surface area (Å²) in [5, 5.41) is 0. The van der Waals surface area contributed by atoms with E-state index in [2.05, 4.69) is 19.1 Å². The summed E-state index contributed by atoms with van der Waals surface area (Å²) >= 11 is 0. The first-order valence-corrected chi connectivity index (χ1v) is 11.6. The van der Waals surface area contributed by atoms with Gasteiger partial charge in [-0.15, -0.1) is 0 Å². The van der Waals surface area contributed by atoms with Crippen LogP contribution in [0.1, 0.15) is 129 Å². The lowest BCUT2D eigenvalue weighted by Gasteiger charge is -2.03. The van der Waals surface area contributed by atoms with Crippen LogP contribution in [-0.4, -0.2) is 12.6 Å². The van der Waals surface area contributed by atoms with Crippen molar-refractivity contribution in [2.24, 2.45) is 0 Å². The zero-order valence-electron chi connectivity index (χ0n) is 17.9. The van der Waals surface area contributed by atoms with E-state index in [4.69, 9.17) is 4.74 Å². The highest BCUT2D eigenvalue weighted by molar-refractivity contribution is 5.69. The average Bonchev–Trinajstić information content (AvgIpc) is 2.64. The van der Waals surface area contributed by atoms with Gasteiger partial charge in [0.15, 0.2) is 0 Å². The highest BCUT2D eigenvalue weighted by atomic mass is 16.5. The largest absolute Gasteiger partial charge is 0.466 e. The molecule has 0 atom stereocenters. The lowest BCUT2D eigenvalue weighted by Crippen LogP contribution is -2.02. The molecule has 154 valence electrons. The Labute approximate surface area is 164 Å². The van der Waals surface area contributed by atoms with Crippen molar-refractivity contribution in [1.82, 2.24) is 0 Å². The molecule has 0 heterocycles. The third-order valence-electron chi connectivity index (χ3n) is 4.95. The molecule has 0 amide bonds. The minimum atomic E-state index is -0.0622. The van der Waals surface area contributed by atoms with Crippen LogP contribution in [0.4, 0.5) is 0 Å². The van der Waals surface area contributed by atoms with Crippen molar-refractivity contribution in [1.29, 1.82) is 0 Å². The van der Waals surface area contributed by atoms with Gasteiger partial charge in [0, 0.05) is 6.42 Å². The van der Waals surface area contributed by atoms with Crippen LogP contribution in [0.2, 0.25) is 0 Å². The van der Waals surface area contributed by atoms with Crippen molar-refractivity contribution >= 4 is 5.97 Å². The van der Waals surface area contributed by atoms with E-state index in [1.54, 1.807) is 0 Å². The van der Waals surface area contributed by atoms with Crippen molar-refractivity contribution < 1.29 is 9.53 Å². The molecule has 0 aliphatic carbocycles. The van der Waals surface area contributed by atoms with Gasteiger partial charge in [0.05, 0.1) is 6.61 Å². The van der Waals surface area contributed by atoms with E-state index in [9.17, 15) is 4.79 Å². The number of allylic oxidation sites excluding steroid dienone is 2. The molecule has 0 saturated carbocycles. The second-order valence-electron chi connectivity index (χ2n) is 7.55. The monoisotopic (exact) mass is 366 g/mol. The van der Waals surface area contributed by atoms with Crippen LogP contribution < -0.4 is 0 Å². The second kappa shape index (κ2) is 22.3. The first-order valence-electron chi connectivity index (χ1n) is 11.6. The highest BCUT2D eigenvalue weighted by Crippen LogP contribution is 2.13. The molecule has 0 radical (unpaired) electrons. The van der Waals surface area contributed by atoms with Crippen LogP contribution in [-0.2, 0) is 9.53 Å². The Morgan fingerprint density at radius 1 is 0.615 bits per heavy atom. The number of hydrogen-bond acceptors (Lipinski definition) is 2. The van der Waals surface area contributed by atoms with Crippen molar-refractivity contribution in [3.63, 3.8) is 0 Å². The van der Waals surface area contributed by atoms with Crippen LogP contribution in [0.3, 0.4) is 0 Å². The van der Waals surface area contributed by atoms with Crippen molar-refractivity contribution in [2.45, 2.75) is 129 Å². The lowest BCUT2D eigenvalue weighted by molar-refractivity contribution is -0.143. The number of esters is 1. The molecular formula is C24H46O2. The van der Waals surface area contributed by atoms with E-state index >= 15 is 0 Å². The van der Waals surface area contributed by atoms with Gasteiger partial charge in [0.2, 0.25) is 0 Å². The number of ether oxygens (including phenoxy) is 1. The molecule has 0 N–H and O–H groups in total. The Balaban J connectivity index is 3.10. The van der Waals surface area contributed by atoms with Gasteiger partial charge in [0.25, 0.3) is 0 Å². The fourth-order valence-corrected chi connectivity index (χ4v) is 3.29. The van der Waals surface area contributed by atoms with Crippen molar-refractivity contribution in [2.75, 3.05) is 6.61 Å². The number of rotatable bonds is 20. The minimum absolute atomic E-state index is 0.0622. The van der Waals surface area contributed by atoms with E-state index in [-0.39, 0.29) is 5.97 Å². The fraction of sp³-hybridized carbons (Fsp3) is 0.875. The summed E-state index contributed by atoms with van der Waals surface area (Å²) in [5.41, 5.74) is 0. The van der Waals surface area contributed by atoms with Gasteiger partial charge in [-0.2, -0.15) is 0 Å². The molecular weight excluding hydrogens is 320 g/mol. The molecule has 0 bridgehead atoms. The summed E-state index contributed by atoms with van der Waals surface area (Å²) in [6, 6.07) is 0. The maximum Gasteiger partial charge on any atom is 0.305 e. The summed E-state index contributed by atoms with van der Waals surface area (Å²) in [6.45, 7) is 4.63. The second-order valence-corrected chi connectivity index (χ2v) is 7.55. The Bertz CT molecular complexity index is 309. The van der Waals surface area contributed by atoms with Gasteiger partial charge in [-0.1, -0.05) is 103 Å². The number of unbranched alkanes of at least 4 members (excludes halogenated alkanes) is 15. The number of carbonyl (C=O) groups is 1. The van der Waals surface area contributed by atoms with Gasteiger partial charge in [0.1, 0.15) is 0 Å². The van der Waals surface area contributed by atoms with Crippen LogP contribution in [0, 0.1) is 0 Å². The predicted molar refractivity (Wildman–Crippen MR) is 115 cm³/mol. The summed E-state index contributed by atoms with van der Waals surface area (Å²) in [7, 11) is 0. The van der Waals surface area contributed by atoms with E-state index in [0.29, 0.717) is 13.0 Å². The van der Waals surface area contributed by atoms with Crippen LogP contribution >= 0.6 is 0 Å². The Hall–Kier alpha value is -0.790. The molecule has 0 saturated heterocycles. The SMILES string of the molecule is CCCCCCCCCCCCCCCC/C=C\CCCC(=O)OCC.